The van der Waals surface area contributed by atoms with E-state index in [4.69, 9.17) is 21.3 Å². The molecule has 2 aliphatic rings. The Morgan fingerprint density at radius 1 is 1.20 bits per heavy atom. The molecule has 0 unspecified atom stereocenters. The van der Waals surface area contributed by atoms with E-state index >= 15 is 0 Å². The van der Waals surface area contributed by atoms with Crippen molar-refractivity contribution in [3.63, 3.8) is 0 Å². The van der Waals surface area contributed by atoms with Crippen LogP contribution in [0.25, 0.3) is 11.6 Å². The maximum absolute atomic E-state index is 12.8. The number of likely N-dealkylation sites (tertiary alicyclic amines) is 1. The summed E-state index contributed by atoms with van der Waals surface area (Å²) in [6, 6.07) is 9.98. The van der Waals surface area contributed by atoms with Gasteiger partial charge in [0.25, 0.3) is 0 Å². The van der Waals surface area contributed by atoms with Crippen LogP contribution in [0.5, 0.6) is 0 Å². The van der Waals surface area contributed by atoms with E-state index in [0.717, 1.165) is 34.4 Å². The Kier molecular flexibility index (Phi) is 7.18. The van der Waals surface area contributed by atoms with Crippen LogP contribution in [-0.2, 0) is 14.9 Å². The maximum atomic E-state index is 12.8. The van der Waals surface area contributed by atoms with Crippen molar-refractivity contribution in [2.24, 2.45) is 0 Å². The first-order valence-corrected chi connectivity index (χ1v) is 12.7. The standard InChI is InChI=1S/C29H33ClN2O3/c1-5-7-23(33)11-9-20-18-21-8-6-15-31-26(21)29(25-12-10-22(30)19-24(20)25)13-16-32(17-14-29)27(34)35-28(2,3)4/h6,8-12,15,18-19H,5,7,13-14,16-17H2,1-4H3/b11-9+. The predicted octanol–water partition coefficient (Wildman–Crippen LogP) is 6.83. The zero-order valence-corrected chi connectivity index (χ0v) is 21.7. The molecule has 1 aliphatic carbocycles. The second-order valence-electron chi connectivity index (χ2n) is 10.3. The lowest BCUT2D eigenvalue weighted by Crippen LogP contribution is -2.48. The number of ketones is 1. The lowest BCUT2D eigenvalue weighted by molar-refractivity contribution is -0.114. The molecule has 1 amide bonds. The molecular formula is C29H33ClN2O3. The zero-order valence-electron chi connectivity index (χ0n) is 20.9. The Balaban J connectivity index is 1.78. The molecule has 0 atom stereocenters. The highest BCUT2D eigenvalue weighted by atomic mass is 35.5. The molecule has 1 aliphatic heterocycles. The van der Waals surface area contributed by atoms with Crippen molar-refractivity contribution in [2.75, 3.05) is 13.1 Å². The molecule has 184 valence electrons. The zero-order chi connectivity index (χ0) is 25.2. The monoisotopic (exact) mass is 492 g/mol. The molecule has 5 nitrogen and oxygen atoms in total. The van der Waals surface area contributed by atoms with E-state index in [1.54, 1.807) is 11.0 Å². The molecule has 1 aromatic carbocycles. The summed E-state index contributed by atoms with van der Waals surface area (Å²) in [6.07, 6.45) is 9.98. The average Bonchev–Trinajstić information content (AvgIpc) is 2.91. The number of carbonyl (C=O) groups excluding carboxylic acids is 2. The molecule has 1 spiro atoms. The van der Waals surface area contributed by atoms with E-state index in [-0.39, 0.29) is 17.3 Å². The lowest BCUT2D eigenvalue weighted by Gasteiger charge is -2.43. The van der Waals surface area contributed by atoms with Crippen LogP contribution in [0.4, 0.5) is 4.79 Å². The van der Waals surface area contributed by atoms with E-state index in [0.29, 0.717) is 37.4 Å². The van der Waals surface area contributed by atoms with Gasteiger partial charge in [0.1, 0.15) is 5.60 Å². The van der Waals surface area contributed by atoms with Gasteiger partial charge in [-0.3, -0.25) is 9.78 Å². The summed E-state index contributed by atoms with van der Waals surface area (Å²) in [5.74, 6) is 0.105. The highest BCUT2D eigenvalue weighted by molar-refractivity contribution is 6.30. The number of ether oxygens (including phenoxy) is 1. The second-order valence-corrected chi connectivity index (χ2v) is 10.8. The van der Waals surface area contributed by atoms with Crippen LogP contribution >= 0.6 is 11.6 Å². The Labute approximate surface area is 212 Å². The number of fused-ring (bicyclic) bond motifs is 4. The molecule has 4 rings (SSSR count). The van der Waals surface area contributed by atoms with Gasteiger partial charge in [-0.15, -0.1) is 0 Å². The number of benzene rings is 1. The smallest absolute Gasteiger partial charge is 0.410 e. The molecule has 0 bridgehead atoms. The fourth-order valence-corrected chi connectivity index (χ4v) is 5.21. The number of carbonyl (C=O) groups is 2. The molecule has 6 heteroatoms. The molecule has 0 radical (unpaired) electrons. The van der Waals surface area contributed by atoms with Crippen molar-refractivity contribution in [3.8, 4) is 0 Å². The van der Waals surface area contributed by atoms with Crippen molar-refractivity contribution >= 4 is 35.1 Å². The van der Waals surface area contributed by atoms with Crippen molar-refractivity contribution in [2.45, 2.75) is 64.4 Å². The first-order chi connectivity index (χ1) is 16.6. The number of nitrogens with zero attached hydrogens (tertiary/aromatic N) is 2. The number of hydrogen-bond donors (Lipinski definition) is 0. The van der Waals surface area contributed by atoms with Crippen molar-refractivity contribution in [3.05, 3.63) is 76.1 Å². The van der Waals surface area contributed by atoms with E-state index in [9.17, 15) is 9.59 Å². The fourth-order valence-electron chi connectivity index (χ4n) is 5.03. The normalized spacial score (nSPS) is 16.9. The van der Waals surface area contributed by atoms with E-state index in [1.807, 2.05) is 58.2 Å². The second kappa shape index (κ2) is 9.98. The van der Waals surface area contributed by atoms with Crippen LogP contribution in [0.15, 0.2) is 48.7 Å². The number of pyridine rings is 1. The summed E-state index contributed by atoms with van der Waals surface area (Å²) in [6.45, 7) is 8.77. The summed E-state index contributed by atoms with van der Waals surface area (Å²) in [5, 5.41) is 0.642. The van der Waals surface area contributed by atoms with Crippen molar-refractivity contribution in [1.82, 2.24) is 9.88 Å². The number of allylic oxidation sites excluding steroid dienone is 3. The minimum Gasteiger partial charge on any atom is -0.444 e. The van der Waals surface area contributed by atoms with Gasteiger partial charge in [0.15, 0.2) is 5.78 Å². The summed E-state index contributed by atoms with van der Waals surface area (Å²) in [7, 11) is 0. The number of amides is 1. The molecule has 35 heavy (non-hydrogen) atoms. The van der Waals surface area contributed by atoms with Crippen molar-refractivity contribution < 1.29 is 14.3 Å². The molecule has 2 aromatic rings. The van der Waals surface area contributed by atoms with Gasteiger partial charge in [0, 0.05) is 36.1 Å². The van der Waals surface area contributed by atoms with Gasteiger partial charge in [0.2, 0.25) is 0 Å². The third-order valence-corrected chi connectivity index (χ3v) is 6.86. The third kappa shape index (κ3) is 5.35. The number of hydrogen-bond acceptors (Lipinski definition) is 4. The number of rotatable bonds is 4. The van der Waals surface area contributed by atoms with E-state index in [2.05, 4.69) is 18.2 Å². The average molecular weight is 493 g/mol. The van der Waals surface area contributed by atoms with Gasteiger partial charge in [-0.2, -0.15) is 0 Å². The minimum absolute atomic E-state index is 0.105. The first-order valence-electron chi connectivity index (χ1n) is 12.3. The van der Waals surface area contributed by atoms with Crippen LogP contribution in [0.2, 0.25) is 5.02 Å². The third-order valence-electron chi connectivity index (χ3n) is 6.63. The first kappa shape index (κ1) is 25.2. The number of halogens is 1. The molecular weight excluding hydrogens is 460 g/mol. The minimum atomic E-state index is -0.535. The van der Waals surface area contributed by atoms with Crippen LogP contribution in [0, 0.1) is 0 Å². The Hall–Kier alpha value is -2.92. The van der Waals surface area contributed by atoms with E-state index in [1.165, 1.54) is 0 Å². The predicted molar refractivity (Wildman–Crippen MR) is 140 cm³/mol. The van der Waals surface area contributed by atoms with Crippen LogP contribution < -0.4 is 0 Å². The molecule has 1 saturated heterocycles. The van der Waals surface area contributed by atoms with Gasteiger partial charge >= 0.3 is 6.09 Å². The van der Waals surface area contributed by atoms with Crippen LogP contribution in [-0.4, -0.2) is 40.5 Å². The Bertz CT molecular complexity index is 1180. The highest BCUT2D eigenvalue weighted by Crippen LogP contribution is 2.48. The topological polar surface area (TPSA) is 59.5 Å². The number of aromatic nitrogens is 1. The lowest BCUT2D eigenvalue weighted by atomic mass is 9.68. The van der Waals surface area contributed by atoms with Crippen molar-refractivity contribution in [1.29, 1.82) is 0 Å². The van der Waals surface area contributed by atoms with E-state index < -0.39 is 5.60 Å². The maximum Gasteiger partial charge on any atom is 0.410 e. The van der Waals surface area contributed by atoms with Gasteiger partial charge in [-0.05, 0) is 92.6 Å². The summed E-state index contributed by atoms with van der Waals surface area (Å²) >= 11 is 6.47. The Morgan fingerprint density at radius 2 is 1.94 bits per heavy atom. The largest absolute Gasteiger partial charge is 0.444 e. The van der Waals surface area contributed by atoms with Gasteiger partial charge in [0.05, 0.1) is 5.69 Å². The summed E-state index contributed by atoms with van der Waals surface area (Å²) in [5.41, 5.74) is 4.17. The fraction of sp³-hybridized carbons (Fsp3) is 0.414. The van der Waals surface area contributed by atoms with Crippen LogP contribution in [0.3, 0.4) is 0 Å². The summed E-state index contributed by atoms with van der Waals surface area (Å²) in [4.78, 5) is 31.7. The molecule has 2 heterocycles. The molecule has 1 fully saturated rings. The van der Waals surface area contributed by atoms with Gasteiger partial charge < -0.3 is 9.64 Å². The number of piperidine rings is 1. The highest BCUT2D eigenvalue weighted by Gasteiger charge is 2.44. The van der Waals surface area contributed by atoms with Gasteiger partial charge in [-0.25, -0.2) is 4.79 Å². The van der Waals surface area contributed by atoms with Gasteiger partial charge in [-0.1, -0.05) is 36.7 Å². The quantitative estimate of drug-likeness (QED) is 0.439. The molecule has 0 saturated carbocycles. The molecule has 1 aromatic heterocycles. The molecule has 0 N–H and O–H groups in total. The Morgan fingerprint density at radius 3 is 2.63 bits per heavy atom. The summed E-state index contributed by atoms with van der Waals surface area (Å²) < 4.78 is 5.63. The SMILES string of the molecule is CCCC(=O)/C=C/C1=Cc2cccnc2C2(CCN(C(=O)OC(C)(C)C)CC2)c2ccc(Cl)cc21. The van der Waals surface area contributed by atoms with Crippen LogP contribution in [0.1, 0.15) is 75.8 Å².